The molecule has 0 saturated heterocycles. The molecular weight excluding hydrogens is 292 g/mol. The minimum atomic E-state index is -3.46. The van der Waals surface area contributed by atoms with Crippen LogP contribution in [0.5, 0.6) is 0 Å². The van der Waals surface area contributed by atoms with E-state index in [1.165, 1.54) is 11.3 Å². The fourth-order valence-corrected chi connectivity index (χ4v) is 3.94. The summed E-state index contributed by atoms with van der Waals surface area (Å²) in [4.78, 5) is 0. The zero-order chi connectivity index (χ0) is 14.6. The third-order valence-corrected chi connectivity index (χ3v) is 5.71. The lowest BCUT2D eigenvalue weighted by molar-refractivity contribution is 0.598. The van der Waals surface area contributed by atoms with Crippen LogP contribution < -0.4 is 10.0 Å². The van der Waals surface area contributed by atoms with Gasteiger partial charge in [-0.3, -0.25) is 4.72 Å². The second-order valence-electron chi connectivity index (χ2n) is 4.44. The van der Waals surface area contributed by atoms with Crippen molar-refractivity contribution in [2.45, 2.75) is 24.1 Å². The Bertz CT molecular complexity index is 634. The first-order chi connectivity index (χ1) is 9.53. The monoisotopic (exact) mass is 310 g/mol. The third kappa shape index (κ3) is 3.59. The van der Waals surface area contributed by atoms with Crippen LogP contribution in [0.3, 0.4) is 0 Å². The van der Waals surface area contributed by atoms with E-state index in [0.717, 1.165) is 12.1 Å². The van der Waals surface area contributed by atoms with Crippen LogP contribution in [0, 0.1) is 0 Å². The van der Waals surface area contributed by atoms with Crippen molar-refractivity contribution in [2.24, 2.45) is 0 Å². The molecule has 6 heteroatoms. The molecule has 2 N–H and O–H groups in total. The highest BCUT2D eigenvalue weighted by atomic mass is 32.2. The van der Waals surface area contributed by atoms with Crippen LogP contribution in [0.2, 0.25) is 0 Å². The molecule has 1 heterocycles. The predicted octanol–water partition coefficient (Wildman–Crippen LogP) is 3.22. The van der Waals surface area contributed by atoms with Crippen molar-refractivity contribution in [3.63, 3.8) is 0 Å². The standard InChI is InChI=1S/C14H18N2O2S2/c1-3-15-11(2)12-6-8-13(9-7-12)16-20(17,18)14-5-4-10-19-14/h4-11,15-16H,3H2,1-2H3. The van der Waals surface area contributed by atoms with Crippen LogP contribution in [0.15, 0.2) is 46.0 Å². The van der Waals surface area contributed by atoms with Crippen molar-refractivity contribution in [2.75, 3.05) is 11.3 Å². The second kappa shape index (κ2) is 6.39. The Labute approximate surface area is 123 Å². The van der Waals surface area contributed by atoms with Gasteiger partial charge < -0.3 is 5.32 Å². The van der Waals surface area contributed by atoms with Gasteiger partial charge in [0.25, 0.3) is 10.0 Å². The molecule has 4 nitrogen and oxygen atoms in total. The van der Waals surface area contributed by atoms with Gasteiger partial charge in [0.15, 0.2) is 0 Å². The second-order valence-corrected chi connectivity index (χ2v) is 7.30. The average Bonchev–Trinajstić information content (AvgIpc) is 2.94. The summed E-state index contributed by atoms with van der Waals surface area (Å²) in [6, 6.07) is 11.0. The van der Waals surface area contributed by atoms with Gasteiger partial charge in [0.1, 0.15) is 4.21 Å². The lowest BCUT2D eigenvalue weighted by atomic mass is 10.1. The van der Waals surface area contributed by atoms with Gasteiger partial charge in [-0.05, 0) is 42.6 Å². The van der Waals surface area contributed by atoms with Crippen molar-refractivity contribution < 1.29 is 8.42 Å². The van der Waals surface area contributed by atoms with Crippen molar-refractivity contribution in [3.8, 4) is 0 Å². The molecule has 108 valence electrons. The molecule has 2 rings (SSSR count). The van der Waals surface area contributed by atoms with Crippen molar-refractivity contribution in [1.29, 1.82) is 0 Å². The molecule has 0 amide bonds. The molecule has 1 aromatic carbocycles. The molecule has 1 unspecified atom stereocenters. The number of hydrogen-bond donors (Lipinski definition) is 2. The SMILES string of the molecule is CCNC(C)c1ccc(NS(=O)(=O)c2cccs2)cc1. The molecule has 0 saturated carbocycles. The smallest absolute Gasteiger partial charge is 0.271 e. The molecule has 0 aliphatic carbocycles. The fraction of sp³-hybridized carbons (Fsp3) is 0.286. The zero-order valence-electron chi connectivity index (χ0n) is 11.5. The van der Waals surface area contributed by atoms with E-state index in [9.17, 15) is 8.42 Å². The van der Waals surface area contributed by atoms with Gasteiger partial charge in [-0.25, -0.2) is 8.42 Å². The molecule has 2 aromatic rings. The number of rotatable bonds is 6. The Morgan fingerprint density at radius 1 is 1.20 bits per heavy atom. The van der Waals surface area contributed by atoms with Gasteiger partial charge in [-0.15, -0.1) is 11.3 Å². The van der Waals surface area contributed by atoms with Gasteiger partial charge in [-0.1, -0.05) is 25.1 Å². The summed E-state index contributed by atoms with van der Waals surface area (Å²) >= 11 is 1.20. The van der Waals surface area contributed by atoms with Crippen molar-refractivity contribution in [1.82, 2.24) is 5.32 Å². The normalized spacial score (nSPS) is 13.1. The molecule has 0 fully saturated rings. The Kier molecular flexibility index (Phi) is 4.80. The van der Waals surface area contributed by atoms with E-state index in [1.807, 2.05) is 12.1 Å². The summed E-state index contributed by atoms with van der Waals surface area (Å²) in [5.74, 6) is 0. The molecule has 0 aliphatic heterocycles. The van der Waals surface area contributed by atoms with Crippen LogP contribution in [0.25, 0.3) is 0 Å². The fourth-order valence-electron chi connectivity index (χ4n) is 1.89. The van der Waals surface area contributed by atoms with E-state index >= 15 is 0 Å². The summed E-state index contributed by atoms with van der Waals surface area (Å²) < 4.78 is 27.0. The van der Waals surface area contributed by atoms with Gasteiger partial charge in [0, 0.05) is 11.7 Å². The van der Waals surface area contributed by atoms with E-state index < -0.39 is 10.0 Å². The van der Waals surface area contributed by atoms with Crippen LogP contribution in [-0.4, -0.2) is 15.0 Å². The largest absolute Gasteiger partial charge is 0.310 e. The van der Waals surface area contributed by atoms with Crippen LogP contribution in [-0.2, 0) is 10.0 Å². The van der Waals surface area contributed by atoms with E-state index in [2.05, 4.69) is 23.9 Å². The topological polar surface area (TPSA) is 58.2 Å². The zero-order valence-corrected chi connectivity index (χ0v) is 13.1. The first kappa shape index (κ1) is 15.0. The first-order valence-electron chi connectivity index (χ1n) is 6.42. The van der Waals surface area contributed by atoms with Gasteiger partial charge >= 0.3 is 0 Å². The Hall–Kier alpha value is -1.37. The first-order valence-corrected chi connectivity index (χ1v) is 8.79. The molecule has 1 atom stereocenters. The van der Waals surface area contributed by atoms with E-state index in [-0.39, 0.29) is 6.04 Å². The number of thiophene rings is 1. The van der Waals surface area contributed by atoms with E-state index in [4.69, 9.17) is 0 Å². The van der Waals surface area contributed by atoms with Crippen molar-refractivity contribution in [3.05, 3.63) is 47.3 Å². The molecule has 0 aliphatic rings. The maximum atomic E-state index is 12.1. The minimum Gasteiger partial charge on any atom is -0.310 e. The quantitative estimate of drug-likeness (QED) is 0.861. The summed E-state index contributed by atoms with van der Waals surface area (Å²) in [5.41, 5.74) is 1.71. The number of benzene rings is 1. The van der Waals surface area contributed by atoms with E-state index in [0.29, 0.717) is 9.90 Å². The number of hydrogen-bond acceptors (Lipinski definition) is 4. The Morgan fingerprint density at radius 2 is 1.90 bits per heavy atom. The Morgan fingerprint density at radius 3 is 2.45 bits per heavy atom. The number of nitrogens with one attached hydrogen (secondary N) is 2. The third-order valence-electron chi connectivity index (χ3n) is 2.93. The lowest BCUT2D eigenvalue weighted by Gasteiger charge is -2.13. The minimum absolute atomic E-state index is 0.253. The maximum Gasteiger partial charge on any atom is 0.271 e. The maximum absolute atomic E-state index is 12.1. The van der Waals surface area contributed by atoms with Crippen molar-refractivity contribution >= 4 is 27.0 Å². The van der Waals surface area contributed by atoms with Gasteiger partial charge in [0.05, 0.1) is 0 Å². The highest BCUT2D eigenvalue weighted by molar-refractivity contribution is 7.94. The molecular formula is C14H18N2O2S2. The predicted molar refractivity (Wildman–Crippen MR) is 83.7 cm³/mol. The summed E-state index contributed by atoms with van der Waals surface area (Å²) in [6.07, 6.45) is 0. The van der Waals surface area contributed by atoms with Gasteiger partial charge in [0.2, 0.25) is 0 Å². The molecule has 20 heavy (non-hydrogen) atoms. The highest BCUT2D eigenvalue weighted by Crippen LogP contribution is 2.21. The van der Waals surface area contributed by atoms with Crippen LogP contribution in [0.4, 0.5) is 5.69 Å². The molecule has 0 radical (unpaired) electrons. The number of anilines is 1. The summed E-state index contributed by atoms with van der Waals surface area (Å²) in [7, 11) is -3.46. The van der Waals surface area contributed by atoms with E-state index in [1.54, 1.807) is 29.6 Å². The molecule has 0 spiro atoms. The van der Waals surface area contributed by atoms with Crippen LogP contribution in [0.1, 0.15) is 25.5 Å². The summed E-state index contributed by atoms with van der Waals surface area (Å²) in [6.45, 7) is 5.03. The summed E-state index contributed by atoms with van der Waals surface area (Å²) in [5, 5.41) is 5.06. The number of sulfonamides is 1. The molecule has 1 aromatic heterocycles. The van der Waals surface area contributed by atoms with Crippen LogP contribution >= 0.6 is 11.3 Å². The Balaban J connectivity index is 2.12. The molecule has 0 bridgehead atoms. The van der Waals surface area contributed by atoms with Gasteiger partial charge in [-0.2, -0.15) is 0 Å². The lowest BCUT2D eigenvalue weighted by Crippen LogP contribution is -2.17. The highest BCUT2D eigenvalue weighted by Gasteiger charge is 2.15. The average molecular weight is 310 g/mol.